The second kappa shape index (κ2) is 9.25. The maximum atomic E-state index is 3.26. The minimum atomic E-state index is 0.953. The smallest absolute Gasteiger partial charge is 0.0405 e. The lowest BCUT2D eigenvalue weighted by Crippen LogP contribution is -1.84. The molecule has 0 spiro atoms. The molecule has 0 bridgehead atoms. The molecule has 0 saturated carbocycles. The fourth-order valence-electron chi connectivity index (χ4n) is 2.33. The van der Waals surface area contributed by atoms with Gasteiger partial charge in [0.25, 0.3) is 0 Å². The van der Waals surface area contributed by atoms with Gasteiger partial charge in [-0.25, -0.2) is 0 Å². The van der Waals surface area contributed by atoms with Crippen molar-refractivity contribution in [3.8, 4) is 23.7 Å². The van der Waals surface area contributed by atoms with E-state index in [1.54, 1.807) is 23.5 Å². The quantitative estimate of drug-likeness (QED) is 0.405. The van der Waals surface area contributed by atoms with Crippen LogP contribution in [0.15, 0.2) is 82.6 Å². The van der Waals surface area contributed by atoms with Crippen LogP contribution in [0.25, 0.3) is 0 Å². The maximum Gasteiger partial charge on any atom is 0.0405 e. The summed E-state index contributed by atoms with van der Waals surface area (Å²) in [6.45, 7) is 0. The van der Waals surface area contributed by atoms with E-state index in [0.717, 1.165) is 22.3 Å². The zero-order chi connectivity index (χ0) is 18.2. The Morgan fingerprint density at radius 3 is 1.23 bits per heavy atom. The Kier molecular flexibility index (Phi) is 6.50. The van der Waals surface area contributed by atoms with E-state index in [0.29, 0.717) is 0 Å². The van der Waals surface area contributed by atoms with Crippen molar-refractivity contribution in [2.75, 3.05) is 12.5 Å². The Labute approximate surface area is 164 Å². The Morgan fingerprint density at radius 2 is 0.885 bits per heavy atom. The van der Waals surface area contributed by atoms with E-state index < -0.39 is 0 Å². The standard InChI is InChI=1S/C24H18S2/c1-25-23-15-9-19(10-16-23)7-13-21-5-3-4-6-22(21)14-8-20-11-17-24(26-2)18-12-20/h3-6,9-12,15-18H,1-2H3. The fraction of sp³-hybridized carbons (Fsp3) is 0.0833. The zero-order valence-corrected chi connectivity index (χ0v) is 16.4. The Bertz CT molecular complexity index is 908. The average molecular weight is 371 g/mol. The van der Waals surface area contributed by atoms with E-state index in [-0.39, 0.29) is 0 Å². The molecule has 3 aromatic carbocycles. The van der Waals surface area contributed by atoms with E-state index in [4.69, 9.17) is 0 Å². The summed E-state index contributed by atoms with van der Waals surface area (Å²) in [7, 11) is 0. The molecule has 0 fully saturated rings. The fourth-order valence-corrected chi connectivity index (χ4v) is 3.15. The van der Waals surface area contributed by atoms with Crippen LogP contribution in [0.2, 0.25) is 0 Å². The Balaban J connectivity index is 1.84. The molecule has 0 N–H and O–H groups in total. The number of thioether (sulfide) groups is 2. The lowest BCUT2D eigenvalue weighted by molar-refractivity contribution is 1.45. The van der Waals surface area contributed by atoms with Crippen LogP contribution in [-0.2, 0) is 0 Å². The first-order valence-corrected chi connectivity index (χ1v) is 10.6. The van der Waals surface area contributed by atoms with Gasteiger partial charge in [-0.2, -0.15) is 0 Å². The number of rotatable bonds is 2. The summed E-state index contributed by atoms with van der Waals surface area (Å²) in [5.41, 5.74) is 3.93. The summed E-state index contributed by atoms with van der Waals surface area (Å²) >= 11 is 3.47. The summed E-state index contributed by atoms with van der Waals surface area (Å²) in [6.07, 6.45) is 4.15. The Hall–Kier alpha value is -2.52. The van der Waals surface area contributed by atoms with Gasteiger partial charge in [-0.15, -0.1) is 23.5 Å². The summed E-state index contributed by atoms with van der Waals surface area (Å²) in [5, 5.41) is 0. The molecule has 0 heterocycles. The molecule has 0 amide bonds. The van der Waals surface area contributed by atoms with Crippen LogP contribution in [-0.4, -0.2) is 12.5 Å². The highest BCUT2D eigenvalue weighted by atomic mass is 32.2. The van der Waals surface area contributed by atoms with Crippen molar-refractivity contribution >= 4 is 23.5 Å². The van der Waals surface area contributed by atoms with Crippen LogP contribution in [0.3, 0.4) is 0 Å². The van der Waals surface area contributed by atoms with Crippen LogP contribution in [0.5, 0.6) is 0 Å². The lowest BCUT2D eigenvalue weighted by Gasteiger charge is -1.97. The second-order valence-corrected chi connectivity index (χ2v) is 7.26. The SMILES string of the molecule is CSc1ccc(C#Cc2ccccc2C#Cc2ccc(SC)cc2)cc1. The third kappa shape index (κ3) is 4.99. The summed E-state index contributed by atoms with van der Waals surface area (Å²) in [4.78, 5) is 2.49. The van der Waals surface area contributed by atoms with Crippen LogP contribution in [0.4, 0.5) is 0 Å². The van der Waals surface area contributed by atoms with Crippen LogP contribution in [0, 0.1) is 23.7 Å². The van der Waals surface area contributed by atoms with Gasteiger partial charge in [0, 0.05) is 32.0 Å². The molecule has 0 nitrogen and oxygen atoms in total. The minimum Gasteiger partial charge on any atom is -0.130 e. The number of hydrogen-bond donors (Lipinski definition) is 0. The molecule has 0 aliphatic carbocycles. The molecule has 3 rings (SSSR count). The van der Waals surface area contributed by atoms with Gasteiger partial charge < -0.3 is 0 Å². The highest BCUT2D eigenvalue weighted by Crippen LogP contribution is 2.15. The van der Waals surface area contributed by atoms with Gasteiger partial charge in [0.1, 0.15) is 0 Å². The number of hydrogen-bond acceptors (Lipinski definition) is 2. The van der Waals surface area contributed by atoms with E-state index in [1.807, 2.05) is 24.3 Å². The van der Waals surface area contributed by atoms with Gasteiger partial charge in [0.2, 0.25) is 0 Å². The largest absolute Gasteiger partial charge is 0.130 e. The molecule has 0 aromatic heterocycles. The molecule has 26 heavy (non-hydrogen) atoms. The van der Waals surface area contributed by atoms with Crippen molar-refractivity contribution in [1.82, 2.24) is 0 Å². The molecule has 2 heteroatoms. The van der Waals surface area contributed by atoms with Gasteiger partial charge in [0.05, 0.1) is 0 Å². The van der Waals surface area contributed by atoms with Gasteiger partial charge in [0.15, 0.2) is 0 Å². The van der Waals surface area contributed by atoms with Crippen molar-refractivity contribution in [1.29, 1.82) is 0 Å². The summed E-state index contributed by atoms with van der Waals surface area (Å²) < 4.78 is 0. The maximum absolute atomic E-state index is 3.26. The van der Waals surface area contributed by atoms with Crippen LogP contribution in [0.1, 0.15) is 22.3 Å². The average Bonchev–Trinajstić information content (AvgIpc) is 2.72. The van der Waals surface area contributed by atoms with Crippen molar-refractivity contribution in [2.24, 2.45) is 0 Å². The molecule has 0 aliphatic heterocycles. The third-order valence-electron chi connectivity index (χ3n) is 3.79. The van der Waals surface area contributed by atoms with Crippen molar-refractivity contribution < 1.29 is 0 Å². The van der Waals surface area contributed by atoms with Crippen molar-refractivity contribution in [3.63, 3.8) is 0 Å². The molecule has 0 saturated heterocycles. The normalized spacial score (nSPS) is 9.62. The molecule has 3 aromatic rings. The molecule has 126 valence electrons. The zero-order valence-electron chi connectivity index (χ0n) is 14.7. The predicted octanol–water partition coefficient (Wildman–Crippen LogP) is 5.93. The molecular weight excluding hydrogens is 352 g/mol. The molecule has 0 radical (unpaired) electrons. The van der Waals surface area contributed by atoms with E-state index in [2.05, 4.69) is 84.7 Å². The lowest BCUT2D eigenvalue weighted by atomic mass is 10.1. The highest BCUT2D eigenvalue weighted by molar-refractivity contribution is 7.98. The monoisotopic (exact) mass is 370 g/mol. The van der Waals surface area contributed by atoms with Gasteiger partial charge >= 0.3 is 0 Å². The topological polar surface area (TPSA) is 0 Å². The van der Waals surface area contributed by atoms with Gasteiger partial charge in [-0.3, -0.25) is 0 Å². The van der Waals surface area contributed by atoms with Crippen molar-refractivity contribution in [2.45, 2.75) is 9.79 Å². The highest BCUT2D eigenvalue weighted by Gasteiger charge is 1.96. The summed E-state index contributed by atoms with van der Waals surface area (Å²) in [6, 6.07) is 24.6. The second-order valence-electron chi connectivity index (χ2n) is 5.50. The molecule has 0 unspecified atom stereocenters. The van der Waals surface area contributed by atoms with E-state index >= 15 is 0 Å². The van der Waals surface area contributed by atoms with Crippen molar-refractivity contribution in [3.05, 3.63) is 95.1 Å². The van der Waals surface area contributed by atoms with E-state index in [1.165, 1.54) is 9.79 Å². The van der Waals surface area contributed by atoms with Gasteiger partial charge in [-0.05, 0) is 73.2 Å². The molecule has 0 aliphatic rings. The van der Waals surface area contributed by atoms with Crippen LogP contribution < -0.4 is 0 Å². The summed E-state index contributed by atoms with van der Waals surface area (Å²) in [5.74, 6) is 13.0. The minimum absolute atomic E-state index is 0.953. The van der Waals surface area contributed by atoms with Crippen LogP contribution >= 0.6 is 23.5 Å². The Morgan fingerprint density at radius 1 is 0.500 bits per heavy atom. The first-order chi connectivity index (χ1) is 12.8. The number of benzene rings is 3. The van der Waals surface area contributed by atoms with Gasteiger partial charge in [-0.1, -0.05) is 35.8 Å². The van der Waals surface area contributed by atoms with E-state index in [9.17, 15) is 0 Å². The predicted molar refractivity (Wildman–Crippen MR) is 115 cm³/mol. The molecular formula is C24H18S2. The molecule has 0 atom stereocenters. The third-order valence-corrected chi connectivity index (χ3v) is 5.28. The first-order valence-electron chi connectivity index (χ1n) is 8.19. The first kappa shape index (κ1) is 18.3.